The zero-order chi connectivity index (χ0) is 15.6. The number of aryl methyl sites for hydroxylation is 1. The second kappa shape index (κ2) is 6.39. The van der Waals surface area contributed by atoms with Gasteiger partial charge in [0.05, 0.1) is 23.9 Å². The van der Waals surface area contributed by atoms with Gasteiger partial charge in [-0.15, -0.1) is 5.10 Å². The zero-order valence-corrected chi connectivity index (χ0v) is 13.1. The Morgan fingerprint density at radius 2 is 2.10 bits per heavy atom. The summed E-state index contributed by atoms with van der Waals surface area (Å²) in [7, 11) is 0. The minimum Gasteiger partial charge on any atom is -0.394 e. The van der Waals surface area contributed by atoms with Crippen LogP contribution in [0.15, 0.2) is 0 Å². The SMILES string of the molecule is CCc1nnc(N2CCC(C)C2CO)c(C(=N)N)c1CC. The van der Waals surface area contributed by atoms with Crippen molar-refractivity contribution in [1.82, 2.24) is 10.2 Å². The molecule has 0 aliphatic carbocycles. The molecule has 2 rings (SSSR count). The number of aliphatic hydroxyl groups is 1. The lowest BCUT2D eigenvalue weighted by atomic mass is 10.0. The highest BCUT2D eigenvalue weighted by atomic mass is 16.3. The smallest absolute Gasteiger partial charge is 0.162 e. The Bertz CT molecular complexity index is 531. The third-order valence-electron chi connectivity index (χ3n) is 4.44. The lowest BCUT2D eigenvalue weighted by Crippen LogP contribution is -2.38. The van der Waals surface area contributed by atoms with Gasteiger partial charge in [-0.05, 0) is 30.7 Å². The second-order valence-electron chi connectivity index (χ2n) is 5.65. The van der Waals surface area contributed by atoms with Crippen LogP contribution in [0, 0.1) is 11.3 Å². The summed E-state index contributed by atoms with van der Waals surface area (Å²) in [6, 6.07) is 0.0228. The molecule has 2 atom stereocenters. The van der Waals surface area contributed by atoms with Crippen molar-refractivity contribution in [3.8, 4) is 0 Å². The largest absolute Gasteiger partial charge is 0.394 e. The van der Waals surface area contributed by atoms with Gasteiger partial charge < -0.3 is 15.7 Å². The van der Waals surface area contributed by atoms with Crippen molar-refractivity contribution in [2.75, 3.05) is 18.1 Å². The van der Waals surface area contributed by atoms with E-state index in [1.807, 2.05) is 13.8 Å². The van der Waals surface area contributed by atoms with E-state index < -0.39 is 0 Å². The third-order valence-corrected chi connectivity index (χ3v) is 4.44. The fourth-order valence-electron chi connectivity index (χ4n) is 3.20. The summed E-state index contributed by atoms with van der Waals surface area (Å²) in [5.41, 5.74) is 8.43. The molecule has 6 heteroatoms. The van der Waals surface area contributed by atoms with Crippen molar-refractivity contribution in [2.45, 2.75) is 46.1 Å². The maximum absolute atomic E-state index is 9.65. The molecule has 1 aromatic heterocycles. The summed E-state index contributed by atoms with van der Waals surface area (Å²) in [6.07, 6.45) is 2.55. The van der Waals surface area contributed by atoms with Crippen LogP contribution in [0.5, 0.6) is 0 Å². The van der Waals surface area contributed by atoms with Crippen molar-refractivity contribution in [3.63, 3.8) is 0 Å². The molecular weight excluding hydrogens is 266 g/mol. The fourth-order valence-corrected chi connectivity index (χ4v) is 3.20. The first-order valence-electron chi connectivity index (χ1n) is 7.65. The van der Waals surface area contributed by atoms with Crippen LogP contribution in [0.25, 0.3) is 0 Å². The Labute approximate surface area is 125 Å². The number of amidine groups is 1. The minimum absolute atomic E-state index is 0.0228. The van der Waals surface area contributed by atoms with Gasteiger partial charge in [0, 0.05) is 6.54 Å². The number of nitrogen functional groups attached to an aromatic ring is 1. The second-order valence-corrected chi connectivity index (χ2v) is 5.65. The van der Waals surface area contributed by atoms with Crippen LogP contribution in [0.3, 0.4) is 0 Å². The van der Waals surface area contributed by atoms with E-state index in [9.17, 15) is 5.11 Å². The van der Waals surface area contributed by atoms with E-state index in [1.54, 1.807) is 0 Å². The van der Waals surface area contributed by atoms with Crippen LogP contribution >= 0.6 is 0 Å². The van der Waals surface area contributed by atoms with Gasteiger partial charge in [0.25, 0.3) is 0 Å². The predicted octanol–water partition coefficient (Wildman–Crippen LogP) is 1.09. The number of nitrogens with zero attached hydrogens (tertiary/aromatic N) is 3. The minimum atomic E-state index is 0.0228. The summed E-state index contributed by atoms with van der Waals surface area (Å²) in [5, 5.41) is 26.3. The van der Waals surface area contributed by atoms with Gasteiger partial charge >= 0.3 is 0 Å². The van der Waals surface area contributed by atoms with Crippen LogP contribution in [-0.4, -0.2) is 40.3 Å². The molecule has 1 aliphatic rings. The molecule has 0 aromatic carbocycles. The first-order chi connectivity index (χ1) is 10.0. The van der Waals surface area contributed by atoms with E-state index in [1.165, 1.54) is 0 Å². The highest BCUT2D eigenvalue weighted by Crippen LogP contribution is 2.32. The highest BCUT2D eigenvalue weighted by molar-refractivity contribution is 6.01. The number of nitrogens with one attached hydrogen (secondary N) is 1. The number of aliphatic hydroxyl groups excluding tert-OH is 1. The predicted molar refractivity (Wildman–Crippen MR) is 83.8 cm³/mol. The van der Waals surface area contributed by atoms with Crippen molar-refractivity contribution in [3.05, 3.63) is 16.8 Å². The topological polar surface area (TPSA) is 99.1 Å². The maximum atomic E-state index is 9.65. The number of rotatable bonds is 5. The Morgan fingerprint density at radius 1 is 1.38 bits per heavy atom. The molecule has 1 aromatic rings. The van der Waals surface area contributed by atoms with Gasteiger partial charge in [-0.3, -0.25) is 5.41 Å². The molecule has 0 spiro atoms. The number of nitrogens with two attached hydrogens (primary N) is 1. The normalized spacial score (nSPS) is 21.8. The van der Waals surface area contributed by atoms with Crippen LogP contribution in [0.1, 0.15) is 44.0 Å². The molecule has 21 heavy (non-hydrogen) atoms. The number of anilines is 1. The maximum Gasteiger partial charge on any atom is 0.162 e. The van der Waals surface area contributed by atoms with E-state index in [2.05, 4.69) is 22.0 Å². The van der Waals surface area contributed by atoms with E-state index in [-0.39, 0.29) is 18.5 Å². The van der Waals surface area contributed by atoms with Gasteiger partial charge in [0.1, 0.15) is 5.84 Å². The summed E-state index contributed by atoms with van der Waals surface area (Å²) in [4.78, 5) is 2.06. The quantitative estimate of drug-likeness (QED) is 0.557. The standard InChI is InChI=1S/C15H25N5O/c1-4-10-11(5-2)18-19-15(13(10)14(16)17)20-7-6-9(3)12(20)8-21/h9,12,21H,4-8H2,1-3H3,(H3,16,17). The fraction of sp³-hybridized carbons (Fsp3) is 0.667. The Kier molecular flexibility index (Phi) is 4.77. The number of hydrogen-bond donors (Lipinski definition) is 3. The summed E-state index contributed by atoms with van der Waals surface area (Å²) in [5.74, 6) is 1.08. The van der Waals surface area contributed by atoms with E-state index in [0.717, 1.165) is 37.1 Å². The van der Waals surface area contributed by atoms with E-state index in [4.69, 9.17) is 11.1 Å². The molecule has 4 N–H and O–H groups in total. The first kappa shape index (κ1) is 15.7. The zero-order valence-electron chi connectivity index (χ0n) is 13.1. The van der Waals surface area contributed by atoms with Gasteiger partial charge in [0.15, 0.2) is 5.82 Å². The molecule has 1 aliphatic heterocycles. The Balaban J connectivity index is 2.56. The van der Waals surface area contributed by atoms with Crippen molar-refractivity contribution >= 4 is 11.7 Å². The molecule has 2 unspecified atom stereocenters. The summed E-state index contributed by atoms with van der Waals surface area (Å²) >= 11 is 0. The van der Waals surface area contributed by atoms with Crippen molar-refractivity contribution in [1.29, 1.82) is 5.41 Å². The Morgan fingerprint density at radius 3 is 2.62 bits per heavy atom. The summed E-state index contributed by atoms with van der Waals surface area (Å²) < 4.78 is 0. The molecule has 0 radical (unpaired) electrons. The van der Waals surface area contributed by atoms with E-state index >= 15 is 0 Å². The van der Waals surface area contributed by atoms with Crippen molar-refractivity contribution < 1.29 is 5.11 Å². The molecule has 0 saturated carbocycles. The van der Waals surface area contributed by atoms with Crippen LogP contribution in [-0.2, 0) is 12.8 Å². The van der Waals surface area contributed by atoms with E-state index in [0.29, 0.717) is 17.3 Å². The van der Waals surface area contributed by atoms with Gasteiger partial charge in [-0.2, -0.15) is 5.10 Å². The number of aromatic nitrogens is 2. The summed E-state index contributed by atoms with van der Waals surface area (Å²) in [6.45, 7) is 7.10. The lowest BCUT2D eigenvalue weighted by Gasteiger charge is -2.28. The molecule has 0 bridgehead atoms. The monoisotopic (exact) mass is 291 g/mol. The molecule has 1 saturated heterocycles. The van der Waals surface area contributed by atoms with Crippen LogP contribution < -0.4 is 10.6 Å². The molecule has 1 fully saturated rings. The number of hydrogen-bond acceptors (Lipinski definition) is 5. The van der Waals surface area contributed by atoms with Crippen LogP contribution in [0.2, 0.25) is 0 Å². The first-order valence-corrected chi connectivity index (χ1v) is 7.65. The van der Waals surface area contributed by atoms with Gasteiger partial charge in [0.2, 0.25) is 0 Å². The van der Waals surface area contributed by atoms with Gasteiger partial charge in [-0.25, -0.2) is 0 Å². The molecular formula is C15H25N5O. The van der Waals surface area contributed by atoms with Gasteiger partial charge in [-0.1, -0.05) is 20.8 Å². The lowest BCUT2D eigenvalue weighted by molar-refractivity contribution is 0.244. The molecule has 116 valence electrons. The molecule has 2 heterocycles. The highest BCUT2D eigenvalue weighted by Gasteiger charge is 2.34. The molecule has 0 amide bonds. The van der Waals surface area contributed by atoms with Crippen LogP contribution in [0.4, 0.5) is 5.82 Å². The molecule has 6 nitrogen and oxygen atoms in total. The Hall–Kier alpha value is -1.69. The van der Waals surface area contributed by atoms with Crippen molar-refractivity contribution in [2.24, 2.45) is 11.7 Å². The average molecular weight is 291 g/mol. The third kappa shape index (κ3) is 2.72. The average Bonchev–Trinajstić information content (AvgIpc) is 2.85.